The van der Waals surface area contributed by atoms with E-state index in [4.69, 9.17) is 17.3 Å². The molecule has 0 aliphatic heterocycles. The Morgan fingerprint density at radius 2 is 2.24 bits per heavy atom. The molecule has 1 saturated carbocycles. The zero-order chi connectivity index (χ0) is 12.6. The molecule has 1 unspecified atom stereocenters. The van der Waals surface area contributed by atoms with Gasteiger partial charge in [-0.15, -0.1) is 0 Å². The van der Waals surface area contributed by atoms with Crippen molar-refractivity contribution in [3.63, 3.8) is 0 Å². The summed E-state index contributed by atoms with van der Waals surface area (Å²) in [5.41, 5.74) is 5.89. The maximum atomic E-state index is 12.1. The van der Waals surface area contributed by atoms with Crippen LogP contribution in [0.1, 0.15) is 19.8 Å². The van der Waals surface area contributed by atoms with Crippen LogP contribution in [0.5, 0.6) is 0 Å². The first-order valence-electron chi connectivity index (χ1n) is 5.46. The van der Waals surface area contributed by atoms with Crippen molar-refractivity contribution in [2.45, 2.75) is 25.3 Å². The molecule has 1 aliphatic rings. The Balaban J connectivity index is 2.15. The summed E-state index contributed by atoms with van der Waals surface area (Å²) in [6.07, 6.45) is 2.05. The number of hydrogen-bond acceptors (Lipinski definition) is 2. The van der Waals surface area contributed by atoms with E-state index < -0.39 is 5.54 Å². The molecule has 1 atom stereocenters. The van der Waals surface area contributed by atoms with Crippen molar-refractivity contribution in [1.29, 1.82) is 0 Å². The Labute approximate surface area is 114 Å². The number of carbonyl (C=O) groups excluding carboxylic acids is 1. The number of nitrogens with two attached hydrogens (primary N) is 1. The van der Waals surface area contributed by atoms with Gasteiger partial charge in [0, 0.05) is 9.50 Å². The second kappa shape index (κ2) is 4.59. The topological polar surface area (TPSA) is 55.1 Å². The van der Waals surface area contributed by atoms with Crippen molar-refractivity contribution in [1.82, 2.24) is 0 Å². The summed E-state index contributed by atoms with van der Waals surface area (Å²) in [6, 6.07) is 5.25. The number of halogens is 2. The maximum Gasteiger partial charge on any atom is 0.244 e. The van der Waals surface area contributed by atoms with Crippen LogP contribution in [0.25, 0.3) is 0 Å². The van der Waals surface area contributed by atoms with Crippen LogP contribution in [-0.2, 0) is 4.79 Å². The van der Waals surface area contributed by atoms with Gasteiger partial charge in [-0.25, -0.2) is 0 Å². The lowest BCUT2D eigenvalue weighted by atomic mass is 9.96. The van der Waals surface area contributed by atoms with Crippen LogP contribution in [0, 0.1) is 5.92 Å². The molecular weight excluding hydrogens is 304 g/mol. The minimum atomic E-state index is -0.804. The van der Waals surface area contributed by atoms with Gasteiger partial charge in [-0.05, 0) is 59.8 Å². The zero-order valence-electron chi connectivity index (χ0n) is 9.47. The third-order valence-corrected chi connectivity index (χ3v) is 4.02. The summed E-state index contributed by atoms with van der Waals surface area (Å²) in [5.74, 6) is 0.128. The predicted octanol–water partition coefficient (Wildman–Crippen LogP) is 3.17. The maximum absolute atomic E-state index is 12.1. The van der Waals surface area contributed by atoms with Gasteiger partial charge in [0.1, 0.15) is 0 Å². The van der Waals surface area contributed by atoms with Gasteiger partial charge in [0.15, 0.2) is 0 Å². The highest BCUT2D eigenvalue weighted by Gasteiger charge is 2.44. The minimum Gasteiger partial charge on any atom is -0.323 e. The Bertz CT molecular complexity index is 458. The van der Waals surface area contributed by atoms with Gasteiger partial charge >= 0.3 is 0 Å². The molecule has 1 fully saturated rings. The van der Waals surface area contributed by atoms with E-state index >= 15 is 0 Å². The Hall–Kier alpha value is -0.580. The average Bonchev–Trinajstić information content (AvgIpc) is 3.07. The van der Waals surface area contributed by atoms with Crippen molar-refractivity contribution in [3.8, 4) is 0 Å². The smallest absolute Gasteiger partial charge is 0.244 e. The summed E-state index contributed by atoms with van der Waals surface area (Å²) >= 11 is 9.25. The Morgan fingerprint density at radius 1 is 1.59 bits per heavy atom. The van der Waals surface area contributed by atoms with Crippen LogP contribution in [0.4, 0.5) is 5.69 Å². The highest BCUT2D eigenvalue weighted by Crippen LogP contribution is 2.39. The number of nitrogens with one attached hydrogen (secondary N) is 1. The van der Waals surface area contributed by atoms with Crippen LogP contribution >= 0.6 is 27.5 Å². The number of benzene rings is 1. The lowest BCUT2D eigenvalue weighted by Gasteiger charge is -2.23. The number of hydrogen-bond donors (Lipinski definition) is 2. The van der Waals surface area contributed by atoms with E-state index in [1.165, 1.54) is 0 Å². The van der Waals surface area contributed by atoms with Crippen molar-refractivity contribution in [2.24, 2.45) is 11.7 Å². The van der Waals surface area contributed by atoms with Crippen molar-refractivity contribution in [3.05, 3.63) is 27.7 Å². The van der Waals surface area contributed by atoms with E-state index in [1.807, 2.05) is 0 Å². The molecule has 0 saturated heterocycles. The third kappa shape index (κ3) is 2.81. The normalized spacial score (nSPS) is 18.6. The first-order chi connectivity index (χ1) is 7.91. The first-order valence-corrected chi connectivity index (χ1v) is 6.63. The third-order valence-electron chi connectivity index (χ3n) is 3.09. The van der Waals surface area contributed by atoms with E-state index in [-0.39, 0.29) is 5.91 Å². The molecule has 0 aromatic heterocycles. The molecule has 0 spiro atoms. The zero-order valence-corrected chi connectivity index (χ0v) is 11.8. The number of rotatable bonds is 3. The highest BCUT2D eigenvalue weighted by molar-refractivity contribution is 9.10. The van der Waals surface area contributed by atoms with Gasteiger partial charge in [0.05, 0.1) is 11.2 Å². The lowest BCUT2D eigenvalue weighted by molar-refractivity contribution is -0.121. The summed E-state index contributed by atoms with van der Waals surface area (Å²) in [6.45, 7) is 1.78. The predicted molar refractivity (Wildman–Crippen MR) is 73.1 cm³/mol. The van der Waals surface area contributed by atoms with Gasteiger partial charge in [-0.3, -0.25) is 4.79 Å². The monoisotopic (exact) mass is 316 g/mol. The molecule has 3 N–H and O–H groups in total. The molecule has 1 amide bonds. The number of amides is 1. The molecule has 1 aromatic carbocycles. The average molecular weight is 318 g/mol. The molecule has 1 aliphatic carbocycles. The summed E-state index contributed by atoms with van der Waals surface area (Å²) in [7, 11) is 0. The van der Waals surface area contributed by atoms with Gasteiger partial charge in [0.2, 0.25) is 5.91 Å². The largest absolute Gasteiger partial charge is 0.323 e. The molecule has 0 heterocycles. The molecule has 0 bridgehead atoms. The highest BCUT2D eigenvalue weighted by atomic mass is 79.9. The molecule has 3 nitrogen and oxygen atoms in total. The molecule has 2 rings (SSSR count). The fraction of sp³-hybridized carbons (Fsp3) is 0.417. The van der Waals surface area contributed by atoms with E-state index in [2.05, 4.69) is 21.2 Å². The molecule has 17 heavy (non-hydrogen) atoms. The van der Waals surface area contributed by atoms with E-state index in [0.29, 0.717) is 16.6 Å². The fourth-order valence-corrected chi connectivity index (χ4v) is 2.24. The van der Waals surface area contributed by atoms with Crippen LogP contribution in [0.2, 0.25) is 5.02 Å². The number of carbonyl (C=O) groups is 1. The second-order valence-corrected chi connectivity index (χ2v) is 5.93. The SMILES string of the molecule is CC(N)(C(=O)Nc1cc(Cl)ccc1Br)C1CC1. The first kappa shape index (κ1) is 12.9. The molecule has 5 heteroatoms. The quantitative estimate of drug-likeness (QED) is 0.899. The van der Waals surface area contributed by atoms with Gasteiger partial charge < -0.3 is 11.1 Å². The van der Waals surface area contributed by atoms with Gasteiger partial charge in [-0.2, -0.15) is 0 Å². The van der Waals surface area contributed by atoms with E-state index in [9.17, 15) is 4.79 Å². The Kier molecular flexibility index (Phi) is 3.48. The van der Waals surface area contributed by atoms with E-state index in [1.54, 1.807) is 25.1 Å². The lowest BCUT2D eigenvalue weighted by Crippen LogP contribution is -2.50. The summed E-state index contributed by atoms with van der Waals surface area (Å²) < 4.78 is 0.793. The Morgan fingerprint density at radius 3 is 2.82 bits per heavy atom. The standard InChI is InChI=1S/C12H14BrClN2O/c1-12(15,7-2-3-7)11(17)16-10-6-8(14)4-5-9(10)13/h4-7H,2-3,15H2,1H3,(H,16,17). The second-order valence-electron chi connectivity index (χ2n) is 4.64. The molecule has 0 radical (unpaired) electrons. The summed E-state index contributed by atoms with van der Waals surface area (Å²) in [4.78, 5) is 12.1. The van der Waals surface area contributed by atoms with Crippen LogP contribution in [0.15, 0.2) is 22.7 Å². The van der Waals surface area contributed by atoms with E-state index in [0.717, 1.165) is 17.3 Å². The van der Waals surface area contributed by atoms with Crippen molar-refractivity contribution < 1.29 is 4.79 Å². The van der Waals surface area contributed by atoms with Gasteiger partial charge in [0.25, 0.3) is 0 Å². The molecule has 92 valence electrons. The van der Waals surface area contributed by atoms with Crippen LogP contribution in [0.3, 0.4) is 0 Å². The van der Waals surface area contributed by atoms with Crippen LogP contribution in [-0.4, -0.2) is 11.4 Å². The fourth-order valence-electron chi connectivity index (χ4n) is 1.72. The van der Waals surface area contributed by atoms with Crippen molar-refractivity contribution >= 4 is 39.1 Å². The molecular formula is C12H14BrClN2O. The summed E-state index contributed by atoms with van der Waals surface area (Å²) in [5, 5.41) is 3.39. The number of anilines is 1. The van der Waals surface area contributed by atoms with Crippen LogP contribution < -0.4 is 11.1 Å². The molecule has 1 aromatic rings. The minimum absolute atomic E-state index is 0.164. The van der Waals surface area contributed by atoms with Crippen molar-refractivity contribution in [2.75, 3.05) is 5.32 Å². The van der Waals surface area contributed by atoms with Gasteiger partial charge in [-0.1, -0.05) is 11.6 Å².